The van der Waals surface area contributed by atoms with Gasteiger partial charge in [0.15, 0.2) is 0 Å². The fourth-order valence-corrected chi connectivity index (χ4v) is 7.79. The van der Waals surface area contributed by atoms with Gasteiger partial charge in [0, 0.05) is 11.5 Å². The topological polar surface area (TPSA) is 72.5 Å². The van der Waals surface area contributed by atoms with Crippen LogP contribution in [0.1, 0.15) is 61.7 Å². The third-order valence-electron chi connectivity index (χ3n) is 7.43. The summed E-state index contributed by atoms with van der Waals surface area (Å²) in [6, 6.07) is 7.99. The van der Waals surface area contributed by atoms with Gasteiger partial charge in [-0.1, -0.05) is 18.2 Å². The molecule has 0 aliphatic heterocycles. The molecule has 1 amide bonds. The first-order valence-corrected chi connectivity index (χ1v) is 12.2. The quantitative estimate of drug-likeness (QED) is 0.722. The number of hydrogen-bond donors (Lipinski definition) is 1. The van der Waals surface area contributed by atoms with Crippen LogP contribution in [0.25, 0.3) is 0 Å². The monoisotopic (exact) mass is 421 g/mol. The summed E-state index contributed by atoms with van der Waals surface area (Å²) in [5.74, 6) is 0.488. The van der Waals surface area contributed by atoms with Crippen molar-refractivity contribution >= 4 is 15.9 Å². The molecular formula is C22H28FNO4S. The predicted octanol–water partition coefficient (Wildman–Crippen LogP) is 4.01. The molecule has 4 bridgehead atoms. The molecule has 1 unspecified atom stereocenters. The summed E-state index contributed by atoms with van der Waals surface area (Å²) >= 11 is 0. The SMILES string of the molecule is O=C(NS(=O)(=O)C(F)(OCC12CC3CC(CC(C3)C1)C2)C1CC1)c1ccccc1. The molecule has 0 saturated heterocycles. The Morgan fingerprint density at radius 1 is 1.07 bits per heavy atom. The predicted molar refractivity (Wildman–Crippen MR) is 106 cm³/mol. The summed E-state index contributed by atoms with van der Waals surface area (Å²) in [5, 5.41) is -2.85. The van der Waals surface area contributed by atoms with Gasteiger partial charge in [0.25, 0.3) is 15.9 Å². The second kappa shape index (κ2) is 6.77. The lowest BCUT2D eigenvalue weighted by Crippen LogP contribution is -2.53. The Kier molecular flexibility index (Phi) is 4.55. The second-order valence-corrected chi connectivity index (χ2v) is 11.6. The summed E-state index contributed by atoms with van der Waals surface area (Å²) in [4.78, 5) is 12.4. The molecule has 0 aromatic heterocycles. The molecule has 0 heterocycles. The molecule has 5 fully saturated rings. The van der Waals surface area contributed by atoms with Crippen molar-refractivity contribution in [1.82, 2.24) is 4.72 Å². The van der Waals surface area contributed by atoms with E-state index in [1.54, 1.807) is 18.2 Å². The van der Waals surface area contributed by atoms with Crippen molar-refractivity contribution in [3.8, 4) is 0 Å². The number of nitrogens with one attached hydrogen (secondary N) is 1. The number of sulfonamides is 1. The second-order valence-electron chi connectivity index (χ2n) is 9.86. The van der Waals surface area contributed by atoms with E-state index in [2.05, 4.69) is 0 Å². The van der Waals surface area contributed by atoms with E-state index in [1.165, 1.54) is 31.4 Å². The smallest absolute Gasteiger partial charge is 0.332 e. The Balaban J connectivity index is 1.33. The highest BCUT2D eigenvalue weighted by atomic mass is 32.2. The number of ether oxygens (including phenoxy) is 1. The third kappa shape index (κ3) is 3.50. The maximum absolute atomic E-state index is 15.9. The van der Waals surface area contributed by atoms with Gasteiger partial charge in [-0.3, -0.25) is 4.79 Å². The van der Waals surface area contributed by atoms with Crippen LogP contribution in [-0.2, 0) is 14.8 Å². The van der Waals surface area contributed by atoms with Crippen molar-refractivity contribution in [3.63, 3.8) is 0 Å². The molecule has 158 valence electrons. The van der Waals surface area contributed by atoms with E-state index in [-0.39, 0.29) is 17.6 Å². The van der Waals surface area contributed by atoms with Crippen LogP contribution in [0.2, 0.25) is 0 Å². The lowest BCUT2D eigenvalue weighted by atomic mass is 9.50. The molecule has 1 N–H and O–H groups in total. The standard InChI is InChI=1S/C22H28FNO4S/c23-22(19-6-7-19,29(26,27)24-20(25)18-4-2-1-3-5-18)28-14-21-11-15-8-16(12-21)10-17(9-15)13-21/h1-5,15-17,19H,6-14H2,(H,24,25). The summed E-state index contributed by atoms with van der Waals surface area (Å²) in [5.41, 5.74) is 0.0789. The molecule has 1 aromatic carbocycles. The van der Waals surface area contributed by atoms with Crippen LogP contribution in [0.3, 0.4) is 0 Å². The van der Waals surface area contributed by atoms with Gasteiger partial charge in [-0.2, -0.15) is 4.39 Å². The molecule has 5 aliphatic carbocycles. The number of amides is 1. The molecular weight excluding hydrogens is 393 g/mol. The lowest BCUT2D eigenvalue weighted by Gasteiger charge is -2.57. The Morgan fingerprint density at radius 2 is 1.62 bits per heavy atom. The Labute approximate surface area is 171 Å². The minimum Gasteiger partial charge on any atom is -0.332 e. The number of carbonyl (C=O) groups is 1. The van der Waals surface area contributed by atoms with Crippen LogP contribution in [0.5, 0.6) is 0 Å². The van der Waals surface area contributed by atoms with E-state index in [0.717, 1.165) is 19.3 Å². The van der Waals surface area contributed by atoms with E-state index in [4.69, 9.17) is 4.74 Å². The van der Waals surface area contributed by atoms with E-state index in [1.807, 2.05) is 4.72 Å². The zero-order chi connectivity index (χ0) is 20.3. The van der Waals surface area contributed by atoms with E-state index in [9.17, 15) is 13.2 Å². The molecule has 1 aromatic rings. The van der Waals surface area contributed by atoms with Crippen LogP contribution in [-0.4, -0.2) is 26.1 Å². The van der Waals surface area contributed by atoms with Crippen molar-refractivity contribution in [3.05, 3.63) is 35.9 Å². The van der Waals surface area contributed by atoms with Gasteiger partial charge in [-0.15, -0.1) is 0 Å². The Bertz CT molecular complexity index is 863. The van der Waals surface area contributed by atoms with Gasteiger partial charge in [0.05, 0.1) is 6.61 Å². The van der Waals surface area contributed by atoms with Crippen LogP contribution in [0.15, 0.2) is 30.3 Å². The van der Waals surface area contributed by atoms with Gasteiger partial charge >= 0.3 is 5.19 Å². The summed E-state index contributed by atoms with van der Waals surface area (Å²) < 4.78 is 49.3. The molecule has 7 heteroatoms. The average Bonchev–Trinajstić information content (AvgIpc) is 3.51. The van der Waals surface area contributed by atoms with Crippen molar-refractivity contribution in [2.24, 2.45) is 29.1 Å². The fourth-order valence-electron chi connectivity index (χ4n) is 6.40. The number of rotatable bonds is 7. The highest BCUT2D eigenvalue weighted by molar-refractivity contribution is 7.91. The number of carbonyl (C=O) groups excluding carboxylic acids is 1. The van der Waals surface area contributed by atoms with Gasteiger partial charge in [0.2, 0.25) is 0 Å². The number of benzene rings is 1. The van der Waals surface area contributed by atoms with Gasteiger partial charge in [-0.05, 0) is 86.7 Å². The van der Waals surface area contributed by atoms with Gasteiger partial charge in [-0.25, -0.2) is 13.1 Å². The minimum absolute atomic E-state index is 0.0973. The van der Waals surface area contributed by atoms with E-state index in [0.29, 0.717) is 30.6 Å². The molecule has 6 rings (SSSR count). The fraction of sp³-hybridized carbons (Fsp3) is 0.682. The highest BCUT2D eigenvalue weighted by Gasteiger charge is 2.60. The van der Waals surface area contributed by atoms with Gasteiger partial charge < -0.3 is 4.74 Å². The average molecular weight is 422 g/mol. The van der Waals surface area contributed by atoms with Crippen molar-refractivity contribution in [2.45, 2.75) is 56.6 Å². The highest BCUT2D eigenvalue weighted by Crippen LogP contribution is 2.60. The van der Waals surface area contributed by atoms with Crippen molar-refractivity contribution in [2.75, 3.05) is 6.61 Å². The normalized spacial score (nSPS) is 35.3. The molecule has 5 nitrogen and oxygen atoms in total. The summed E-state index contributed by atoms with van der Waals surface area (Å²) in [6.07, 6.45) is 7.72. The number of hydrogen-bond acceptors (Lipinski definition) is 4. The Hall–Kier alpha value is -1.47. The first-order valence-electron chi connectivity index (χ1n) is 10.7. The first-order chi connectivity index (χ1) is 13.8. The number of alkyl halides is 1. The third-order valence-corrected chi connectivity index (χ3v) is 9.07. The Morgan fingerprint density at radius 3 is 2.14 bits per heavy atom. The minimum atomic E-state index is -4.63. The summed E-state index contributed by atoms with van der Waals surface area (Å²) in [7, 11) is -4.63. The van der Waals surface area contributed by atoms with Crippen molar-refractivity contribution < 1.29 is 22.3 Å². The molecule has 5 aliphatic rings. The van der Waals surface area contributed by atoms with E-state index < -0.39 is 27.0 Å². The number of halogens is 1. The molecule has 1 atom stereocenters. The zero-order valence-corrected chi connectivity index (χ0v) is 17.3. The maximum atomic E-state index is 15.9. The van der Waals surface area contributed by atoms with Gasteiger partial charge in [0.1, 0.15) is 0 Å². The molecule has 5 saturated carbocycles. The lowest BCUT2D eigenvalue weighted by molar-refractivity contribution is -0.162. The van der Waals surface area contributed by atoms with Crippen LogP contribution < -0.4 is 4.72 Å². The van der Waals surface area contributed by atoms with Crippen molar-refractivity contribution in [1.29, 1.82) is 0 Å². The molecule has 29 heavy (non-hydrogen) atoms. The largest absolute Gasteiger partial charge is 0.333 e. The zero-order valence-electron chi connectivity index (χ0n) is 16.5. The molecule has 0 radical (unpaired) electrons. The van der Waals surface area contributed by atoms with Crippen LogP contribution in [0, 0.1) is 29.1 Å². The molecule has 0 spiro atoms. The first kappa shape index (κ1) is 19.5. The van der Waals surface area contributed by atoms with Crippen LogP contribution in [0.4, 0.5) is 4.39 Å². The maximum Gasteiger partial charge on any atom is 0.333 e. The summed E-state index contributed by atoms with van der Waals surface area (Å²) in [6.45, 7) is 0.129. The van der Waals surface area contributed by atoms with Crippen LogP contribution >= 0.6 is 0 Å². The van der Waals surface area contributed by atoms with E-state index >= 15 is 4.39 Å².